The number of aliphatic hydroxyl groups excluding tert-OH is 2. The molecule has 0 radical (unpaired) electrons. The third kappa shape index (κ3) is 5.19. The minimum absolute atomic E-state index is 0.135. The lowest BCUT2D eigenvalue weighted by molar-refractivity contribution is -0.137. The zero-order valence-electron chi connectivity index (χ0n) is 19.8. The molecule has 1 unspecified atom stereocenters. The molecule has 2 aromatic heterocycles. The lowest BCUT2D eigenvalue weighted by atomic mass is 10.1. The first-order valence-electron chi connectivity index (χ1n) is 11.7. The Kier molecular flexibility index (Phi) is 7.03. The van der Waals surface area contributed by atoms with Crippen molar-refractivity contribution in [2.75, 3.05) is 41.4 Å². The number of hydrogen-bond acceptors (Lipinski definition) is 7. The molecule has 1 fully saturated rings. The van der Waals surface area contributed by atoms with Crippen molar-refractivity contribution in [2.45, 2.75) is 24.7 Å². The Morgan fingerprint density at radius 2 is 2.08 bits per heavy atom. The molecule has 1 saturated heterocycles. The van der Waals surface area contributed by atoms with Gasteiger partial charge in [-0.25, -0.2) is 9.78 Å². The van der Waals surface area contributed by atoms with Crippen LogP contribution < -0.4 is 19.9 Å². The highest BCUT2D eigenvalue weighted by Gasteiger charge is 2.41. The number of aromatic nitrogens is 2. The van der Waals surface area contributed by atoms with Crippen molar-refractivity contribution < 1.29 is 32.9 Å². The van der Waals surface area contributed by atoms with Crippen molar-refractivity contribution in [2.24, 2.45) is 0 Å². The van der Waals surface area contributed by atoms with Gasteiger partial charge in [-0.3, -0.25) is 9.88 Å². The van der Waals surface area contributed by atoms with E-state index < -0.39 is 30.5 Å². The summed E-state index contributed by atoms with van der Waals surface area (Å²) in [7, 11) is 0. The molecule has 2 aliphatic rings. The fraction of sp³-hybridized carbons (Fsp3) is 0.320. The molecule has 2 atom stereocenters. The number of urea groups is 1. The van der Waals surface area contributed by atoms with Crippen LogP contribution in [0.1, 0.15) is 12.0 Å². The highest BCUT2D eigenvalue weighted by atomic mass is 35.5. The van der Waals surface area contributed by atoms with E-state index in [1.54, 1.807) is 6.07 Å². The Morgan fingerprint density at radius 1 is 1.26 bits per heavy atom. The van der Waals surface area contributed by atoms with Crippen molar-refractivity contribution in [3.8, 4) is 17.0 Å². The van der Waals surface area contributed by atoms with Crippen LogP contribution in [0.15, 0.2) is 48.8 Å². The first-order chi connectivity index (χ1) is 18.1. The Balaban J connectivity index is 1.46. The molecule has 38 heavy (non-hydrogen) atoms. The molecule has 0 aliphatic carbocycles. The highest BCUT2D eigenvalue weighted by molar-refractivity contribution is 6.33. The monoisotopic (exact) mass is 549 g/mol. The van der Waals surface area contributed by atoms with Gasteiger partial charge in [0.2, 0.25) is 0 Å². The lowest BCUT2D eigenvalue weighted by Crippen LogP contribution is -2.48. The maximum atomic E-state index is 13.5. The van der Waals surface area contributed by atoms with Gasteiger partial charge in [0, 0.05) is 24.7 Å². The van der Waals surface area contributed by atoms with Crippen LogP contribution in [0.2, 0.25) is 5.02 Å². The zero-order chi connectivity index (χ0) is 27.0. The first kappa shape index (κ1) is 26.0. The molecular formula is C25H23ClF3N5O4. The van der Waals surface area contributed by atoms with Crippen LogP contribution >= 0.6 is 11.6 Å². The highest BCUT2D eigenvalue weighted by Crippen LogP contribution is 2.43. The van der Waals surface area contributed by atoms with Crippen LogP contribution in [-0.2, 0) is 6.18 Å². The second-order valence-corrected chi connectivity index (χ2v) is 9.39. The molecule has 0 saturated carbocycles. The number of aliphatic hydroxyl groups is 2. The second-order valence-electron chi connectivity index (χ2n) is 8.99. The molecule has 2 bridgehead atoms. The number of pyridine rings is 2. The van der Waals surface area contributed by atoms with Crippen LogP contribution in [-0.4, -0.2) is 64.7 Å². The summed E-state index contributed by atoms with van der Waals surface area (Å²) in [6, 6.07) is 7.16. The van der Waals surface area contributed by atoms with Gasteiger partial charge in [0.05, 0.1) is 52.7 Å². The predicted molar refractivity (Wildman–Crippen MR) is 135 cm³/mol. The number of fused-ring (bicyclic) bond motifs is 4. The van der Waals surface area contributed by atoms with Gasteiger partial charge in [-0.15, -0.1) is 0 Å². The third-order valence-electron chi connectivity index (χ3n) is 6.33. The number of hydrogen-bond donors (Lipinski definition) is 3. The van der Waals surface area contributed by atoms with Gasteiger partial charge < -0.3 is 25.2 Å². The maximum Gasteiger partial charge on any atom is 0.416 e. The number of carbonyl (C=O) groups is 1. The van der Waals surface area contributed by atoms with Crippen molar-refractivity contribution in [1.82, 2.24) is 9.97 Å². The molecular weight excluding hydrogens is 527 g/mol. The number of amides is 2. The number of carbonyl (C=O) groups excluding carboxylic acids is 1. The molecule has 200 valence electrons. The summed E-state index contributed by atoms with van der Waals surface area (Å²) in [5.74, 6) is 0.567. The topological polar surface area (TPSA) is 111 Å². The summed E-state index contributed by atoms with van der Waals surface area (Å²) in [4.78, 5) is 25.7. The minimum Gasteiger partial charge on any atom is -0.489 e. The van der Waals surface area contributed by atoms with E-state index in [2.05, 4.69) is 15.3 Å². The molecule has 3 N–H and O–H groups in total. The summed E-state index contributed by atoms with van der Waals surface area (Å²) >= 11 is 6.49. The Hall–Kier alpha value is -3.61. The number of nitrogens with one attached hydrogen (secondary N) is 1. The van der Waals surface area contributed by atoms with E-state index in [0.717, 1.165) is 12.1 Å². The Labute approximate surface area is 220 Å². The number of rotatable bonds is 6. The number of benzene rings is 1. The number of halogens is 4. The van der Waals surface area contributed by atoms with E-state index in [1.807, 2.05) is 4.90 Å². The average molecular weight is 550 g/mol. The minimum atomic E-state index is -4.53. The fourth-order valence-electron chi connectivity index (χ4n) is 4.53. The van der Waals surface area contributed by atoms with Crippen molar-refractivity contribution in [1.29, 1.82) is 0 Å². The van der Waals surface area contributed by atoms with Gasteiger partial charge in [0.25, 0.3) is 0 Å². The molecule has 4 heterocycles. The number of nitrogens with zero attached hydrogens (tertiary/aromatic N) is 4. The van der Waals surface area contributed by atoms with Gasteiger partial charge in [0.1, 0.15) is 18.5 Å². The third-order valence-corrected chi connectivity index (χ3v) is 6.62. The predicted octanol–water partition coefficient (Wildman–Crippen LogP) is 4.18. The average Bonchev–Trinajstić information content (AvgIpc) is 3.31. The lowest BCUT2D eigenvalue weighted by Gasteiger charge is -2.36. The van der Waals surface area contributed by atoms with Crippen LogP contribution in [0, 0.1) is 0 Å². The van der Waals surface area contributed by atoms with E-state index in [0.29, 0.717) is 36.7 Å². The van der Waals surface area contributed by atoms with Crippen LogP contribution in [0.3, 0.4) is 0 Å². The zero-order valence-corrected chi connectivity index (χ0v) is 20.6. The first-order valence-corrected chi connectivity index (χ1v) is 12.1. The summed E-state index contributed by atoms with van der Waals surface area (Å²) in [6.07, 6.45) is -2.11. The molecule has 5 rings (SSSR count). The largest absolute Gasteiger partial charge is 0.489 e. The van der Waals surface area contributed by atoms with Gasteiger partial charge in [-0.2, -0.15) is 13.2 Å². The van der Waals surface area contributed by atoms with Gasteiger partial charge in [0.15, 0.2) is 5.82 Å². The van der Waals surface area contributed by atoms with E-state index in [-0.39, 0.29) is 34.7 Å². The smallest absolute Gasteiger partial charge is 0.416 e. The quantitative estimate of drug-likeness (QED) is 0.423. The van der Waals surface area contributed by atoms with Crippen LogP contribution in [0.5, 0.6) is 5.75 Å². The normalized spacial score (nSPS) is 17.3. The SMILES string of the molecule is O=C(Nc1cncc(OC[C@@H](O)CO)c1)N1c2nc(-c3cccc(C(F)(F)F)c3)c(Cl)cc2N2CCC1C2. The summed E-state index contributed by atoms with van der Waals surface area (Å²) in [5.41, 5.74) is 0.421. The molecule has 2 amide bonds. The standard InChI is InChI=1S/C25H23ClF3N5O4/c26-20-8-21-23(32-22(20)14-2-1-3-15(6-14)25(27,28)29)34(17-4-5-33(21)11-17)24(37)31-16-7-19(10-30-9-16)38-13-18(36)12-35/h1-3,6-10,17-18,35-36H,4-5,11-13H2,(H,31,37)/t17?,18-/m0/s1. The van der Waals surface area contributed by atoms with Gasteiger partial charge in [-0.1, -0.05) is 23.7 Å². The van der Waals surface area contributed by atoms with Gasteiger partial charge in [-0.05, 0) is 24.6 Å². The van der Waals surface area contributed by atoms with Crippen LogP contribution in [0.4, 0.5) is 35.2 Å². The summed E-state index contributed by atoms with van der Waals surface area (Å²) in [6.45, 7) is 0.605. The number of alkyl halides is 3. The van der Waals surface area contributed by atoms with E-state index in [9.17, 15) is 23.1 Å². The molecule has 13 heteroatoms. The molecule has 3 aromatic rings. The Morgan fingerprint density at radius 3 is 2.84 bits per heavy atom. The molecule has 9 nitrogen and oxygen atoms in total. The second kappa shape index (κ2) is 10.3. The van der Waals surface area contributed by atoms with Crippen molar-refractivity contribution in [3.05, 3.63) is 59.4 Å². The number of ether oxygens (including phenoxy) is 1. The maximum absolute atomic E-state index is 13.5. The van der Waals surface area contributed by atoms with Crippen LogP contribution in [0.25, 0.3) is 11.3 Å². The molecule has 0 spiro atoms. The summed E-state index contributed by atoms with van der Waals surface area (Å²) in [5, 5.41) is 21.4. The molecule has 2 aliphatic heterocycles. The van der Waals surface area contributed by atoms with Gasteiger partial charge >= 0.3 is 12.2 Å². The van der Waals surface area contributed by atoms with Crippen molar-refractivity contribution >= 4 is 34.8 Å². The summed E-state index contributed by atoms with van der Waals surface area (Å²) < 4.78 is 45.3. The molecule has 1 aromatic carbocycles. The fourth-order valence-corrected chi connectivity index (χ4v) is 4.78. The Bertz CT molecular complexity index is 1360. The van der Waals surface area contributed by atoms with Crippen molar-refractivity contribution in [3.63, 3.8) is 0 Å². The van der Waals surface area contributed by atoms with E-state index >= 15 is 0 Å². The van der Waals surface area contributed by atoms with E-state index in [1.165, 1.54) is 35.5 Å². The van der Waals surface area contributed by atoms with E-state index in [4.69, 9.17) is 21.4 Å². The number of anilines is 3.